The molecule has 0 spiro atoms. The second-order valence-electron chi connectivity index (χ2n) is 7.43. The molecular formula is C16H34N2. The van der Waals surface area contributed by atoms with Crippen molar-refractivity contribution < 1.29 is 0 Å². The lowest BCUT2D eigenvalue weighted by atomic mass is 9.76. The molecule has 1 fully saturated rings. The van der Waals surface area contributed by atoms with Crippen LogP contribution in [0.15, 0.2) is 0 Å². The summed E-state index contributed by atoms with van der Waals surface area (Å²) >= 11 is 0. The van der Waals surface area contributed by atoms with E-state index in [0.29, 0.717) is 5.41 Å². The summed E-state index contributed by atoms with van der Waals surface area (Å²) in [6.07, 6.45) is 6.51. The Hall–Kier alpha value is -0.0800. The SMILES string of the molecule is CCCC(C)(CN)N1CCCC(C(C)(C)C)CC1. The molecule has 0 aromatic carbocycles. The molecule has 1 rings (SSSR count). The van der Waals surface area contributed by atoms with E-state index in [4.69, 9.17) is 5.73 Å². The monoisotopic (exact) mass is 254 g/mol. The molecule has 1 heterocycles. The first kappa shape index (κ1) is 16.0. The van der Waals surface area contributed by atoms with Crippen LogP contribution < -0.4 is 5.73 Å². The predicted octanol–water partition coefficient (Wildman–Crippen LogP) is 3.65. The molecule has 0 aromatic rings. The van der Waals surface area contributed by atoms with Gasteiger partial charge in [0.1, 0.15) is 0 Å². The highest BCUT2D eigenvalue weighted by molar-refractivity contribution is 4.90. The summed E-state index contributed by atoms with van der Waals surface area (Å²) in [5, 5.41) is 0. The van der Waals surface area contributed by atoms with Crippen LogP contribution >= 0.6 is 0 Å². The number of nitrogens with zero attached hydrogens (tertiary/aromatic N) is 1. The molecule has 0 radical (unpaired) electrons. The van der Waals surface area contributed by atoms with Crippen molar-refractivity contribution in [1.29, 1.82) is 0 Å². The fourth-order valence-electron chi connectivity index (χ4n) is 3.43. The maximum atomic E-state index is 6.05. The summed E-state index contributed by atoms with van der Waals surface area (Å²) in [6, 6.07) is 0. The summed E-state index contributed by atoms with van der Waals surface area (Å²) in [7, 11) is 0. The third-order valence-corrected chi connectivity index (χ3v) is 4.94. The summed E-state index contributed by atoms with van der Waals surface area (Å²) in [5.74, 6) is 0.867. The molecule has 1 aliphatic rings. The van der Waals surface area contributed by atoms with Gasteiger partial charge in [0.05, 0.1) is 0 Å². The molecule has 0 saturated carbocycles. The number of hydrogen-bond donors (Lipinski definition) is 1. The predicted molar refractivity (Wildman–Crippen MR) is 80.7 cm³/mol. The van der Waals surface area contributed by atoms with Crippen LogP contribution in [0.4, 0.5) is 0 Å². The zero-order valence-electron chi connectivity index (χ0n) is 13.3. The third-order valence-electron chi connectivity index (χ3n) is 4.94. The molecule has 2 N–H and O–H groups in total. The van der Waals surface area contributed by atoms with Gasteiger partial charge in [-0.2, -0.15) is 0 Å². The second kappa shape index (κ2) is 6.38. The zero-order valence-corrected chi connectivity index (χ0v) is 13.3. The fourth-order valence-corrected chi connectivity index (χ4v) is 3.43. The van der Waals surface area contributed by atoms with E-state index in [-0.39, 0.29) is 5.54 Å². The van der Waals surface area contributed by atoms with Crippen LogP contribution in [-0.4, -0.2) is 30.1 Å². The molecule has 2 nitrogen and oxygen atoms in total. The third kappa shape index (κ3) is 3.96. The molecule has 0 amide bonds. The lowest BCUT2D eigenvalue weighted by molar-refractivity contribution is 0.0996. The van der Waals surface area contributed by atoms with E-state index in [9.17, 15) is 0 Å². The van der Waals surface area contributed by atoms with Crippen molar-refractivity contribution in [1.82, 2.24) is 4.90 Å². The lowest BCUT2D eigenvalue weighted by Crippen LogP contribution is -2.52. The highest BCUT2D eigenvalue weighted by Crippen LogP contribution is 2.36. The maximum absolute atomic E-state index is 6.05. The van der Waals surface area contributed by atoms with Gasteiger partial charge in [-0.3, -0.25) is 4.90 Å². The van der Waals surface area contributed by atoms with Gasteiger partial charge in [0, 0.05) is 12.1 Å². The van der Waals surface area contributed by atoms with Gasteiger partial charge in [0.2, 0.25) is 0 Å². The Kier molecular flexibility index (Phi) is 5.67. The van der Waals surface area contributed by atoms with Crippen molar-refractivity contribution in [3.63, 3.8) is 0 Å². The molecule has 0 aromatic heterocycles. The van der Waals surface area contributed by atoms with Crippen LogP contribution in [0.5, 0.6) is 0 Å². The van der Waals surface area contributed by atoms with Crippen molar-refractivity contribution in [2.45, 2.75) is 72.3 Å². The molecule has 2 heteroatoms. The minimum absolute atomic E-state index is 0.224. The number of rotatable bonds is 4. The van der Waals surface area contributed by atoms with Gasteiger partial charge < -0.3 is 5.73 Å². The quantitative estimate of drug-likeness (QED) is 0.829. The minimum atomic E-state index is 0.224. The number of nitrogens with two attached hydrogens (primary N) is 1. The smallest absolute Gasteiger partial charge is 0.0303 e. The van der Waals surface area contributed by atoms with E-state index in [1.165, 1.54) is 45.2 Å². The van der Waals surface area contributed by atoms with Gasteiger partial charge in [-0.15, -0.1) is 0 Å². The Morgan fingerprint density at radius 2 is 1.78 bits per heavy atom. The van der Waals surface area contributed by atoms with Crippen LogP contribution in [0.3, 0.4) is 0 Å². The lowest BCUT2D eigenvalue weighted by Gasteiger charge is -2.40. The van der Waals surface area contributed by atoms with Crippen molar-refractivity contribution in [2.75, 3.05) is 19.6 Å². The highest BCUT2D eigenvalue weighted by atomic mass is 15.2. The van der Waals surface area contributed by atoms with Crippen molar-refractivity contribution in [2.24, 2.45) is 17.1 Å². The second-order valence-corrected chi connectivity index (χ2v) is 7.43. The van der Waals surface area contributed by atoms with E-state index in [2.05, 4.69) is 39.5 Å². The average molecular weight is 254 g/mol. The maximum Gasteiger partial charge on any atom is 0.0303 e. The first-order valence-electron chi connectivity index (χ1n) is 7.78. The number of likely N-dealkylation sites (tertiary alicyclic amines) is 1. The molecule has 18 heavy (non-hydrogen) atoms. The largest absolute Gasteiger partial charge is 0.329 e. The Bertz CT molecular complexity index is 244. The van der Waals surface area contributed by atoms with Crippen LogP contribution in [0.2, 0.25) is 0 Å². The minimum Gasteiger partial charge on any atom is -0.329 e. The van der Waals surface area contributed by atoms with Crippen LogP contribution in [-0.2, 0) is 0 Å². The summed E-state index contributed by atoms with van der Waals surface area (Å²) < 4.78 is 0. The van der Waals surface area contributed by atoms with E-state index >= 15 is 0 Å². The number of hydrogen-bond acceptors (Lipinski definition) is 2. The first-order valence-corrected chi connectivity index (χ1v) is 7.78. The summed E-state index contributed by atoms with van der Waals surface area (Å²) in [5.41, 5.74) is 6.74. The fraction of sp³-hybridized carbons (Fsp3) is 1.00. The van der Waals surface area contributed by atoms with Gasteiger partial charge in [-0.25, -0.2) is 0 Å². The zero-order chi connectivity index (χ0) is 13.8. The summed E-state index contributed by atoms with van der Waals surface area (Å²) in [4.78, 5) is 2.67. The molecule has 1 saturated heterocycles. The summed E-state index contributed by atoms with van der Waals surface area (Å²) in [6.45, 7) is 15.1. The van der Waals surface area contributed by atoms with Crippen molar-refractivity contribution in [3.8, 4) is 0 Å². The van der Waals surface area contributed by atoms with Crippen LogP contribution in [0, 0.1) is 11.3 Å². The molecule has 108 valence electrons. The molecular weight excluding hydrogens is 220 g/mol. The molecule has 0 bridgehead atoms. The average Bonchev–Trinajstić information content (AvgIpc) is 2.54. The molecule has 0 aliphatic carbocycles. The highest BCUT2D eigenvalue weighted by Gasteiger charge is 2.33. The van der Waals surface area contributed by atoms with Crippen molar-refractivity contribution >= 4 is 0 Å². The van der Waals surface area contributed by atoms with E-state index in [1.54, 1.807) is 0 Å². The van der Waals surface area contributed by atoms with Crippen molar-refractivity contribution in [3.05, 3.63) is 0 Å². The Balaban J connectivity index is 2.66. The standard InChI is InChI=1S/C16H34N2/c1-6-10-16(5,13-17)18-11-7-8-14(9-12-18)15(2,3)4/h14H,6-13,17H2,1-5H3. The van der Waals surface area contributed by atoms with Gasteiger partial charge in [0.15, 0.2) is 0 Å². The van der Waals surface area contributed by atoms with E-state index < -0.39 is 0 Å². The Morgan fingerprint density at radius 3 is 2.28 bits per heavy atom. The Labute approximate surface area is 114 Å². The normalized spacial score (nSPS) is 26.7. The van der Waals surface area contributed by atoms with Gasteiger partial charge in [-0.05, 0) is 57.0 Å². The van der Waals surface area contributed by atoms with Crippen LogP contribution in [0.1, 0.15) is 66.7 Å². The van der Waals surface area contributed by atoms with Gasteiger partial charge in [-0.1, -0.05) is 34.1 Å². The topological polar surface area (TPSA) is 29.3 Å². The molecule has 1 aliphatic heterocycles. The van der Waals surface area contributed by atoms with Gasteiger partial charge >= 0.3 is 0 Å². The first-order chi connectivity index (χ1) is 8.33. The molecule has 2 unspecified atom stereocenters. The van der Waals surface area contributed by atoms with E-state index in [1.807, 2.05) is 0 Å². The van der Waals surface area contributed by atoms with E-state index in [0.717, 1.165) is 12.5 Å². The van der Waals surface area contributed by atoms with Crippen LogP contribution in [0.25, 0.3) is 0 Å². The van der Waals surface area contributed by atoms with Gasteiger partial charge in [0.25, 0.3) is 0 Å². The Morgan fingerprint density at radius 1 is 1.11 bits per heavy atom. The molecule has 2 atom stereocenters.